The molecule has 8 aromatic rings. The number of phenolic OH excluding ortho intramolecular Hbond substituents is 1. The number of oxazole rings is 1. The fourth-order valence-corrected chi connectivity index (χ4v) is 9.72. The number of aromatic hydroxyl groups is 1. The maximum Gasteiger partial charge on any atom is 0.231 e. The molecule has 0 saturated heterocycles. The lowest BCUT2D eigenvalue weighted by atomic mass is 9.82. The van der Waals surface area contributed by atoms with Gasteiger partial charge in [0, 0.05) is 33.2 Å². The highest BCUT2D eigenvalue weighted by Gasteiger charge is 2.27. The molecular weight excluding hydrogens is 721 g/mol. The lowest BCUT2D eigenvalue weighted by molar-refractivity contribution is 0.415. The topological polar surface area (TPSA) is 72.3 Å². The van der Waals surface area contributed by atoms with E-state index in [4.69, 9.17) is 18.8 Å². The van der Waals surface area contributed by atoms with Crippen molar-refractivity contribution >= 4 is 43.5 Å². The van der Waals surface area contributed by atoms with Gasteiger partial charge < -0.3 is 13.9 Å². The quantitative estimate of drug-likeness (QED) is 0.175. The molecule has 0 saturated carbocycles. The summed E-state index contributed by atoms with van der Waals surface area (Å²) in [4.78, 5) is 11.8. The molecule has 4 aromatic carbocycles. The lowest BCUT2D eigenvalue weighted by Crippen LogP contribution is -2.11. The van der Waals surface area contributed by atoms with E-state index < -0.39 is 0 Å². The van der Waals surface area contributed by atoms with E-state index in [0.29, 0.717) is 22.6 Å². The highest BCUT2D eigenvalue weighted by molar-refractivity contribution is 7.19. The Balaban J connectivity index is 1.44. The van der Waals surface area contributed by atoms with E-state index in [2.05, 4.69) is 130 Å². The van der Waals surface area contributed by atoms with Gasteiger partial charge in [-0.1, -0.05) is 99.6 Å². The zero-order valence-corrected chi connectivity index (χ0v) is 36.3. The number of furan rings is 1. The van der Waals surface area contributed by atoms with Gasteiger partial charge in [0.1, 0.15) is 22.6 Å². The Bertz CT molecular complexity index is 2810. The van der Waals surface area contributed by atoms with E-state index in [9.17, 15) is 5.11 Å². The van der Waals surface area contributed by atoms with Crippen molar-refractivity contribution < 1.29 is 13.9 Å². The molecule has 8 rings (SSSR count). The van der Waals surface area contributed by atoms with Crippen LogP contribution in [0, 0.1) is 19.3 Å². The molecule has 0 atom stereocenters. The van der Waals surface area contributed by atoms with Crippen LogP contribution in [0.5, 0.6) is 5.75 Å². The summed E-state index contributed by atoms with van der Waals surface area (Å²) in [6.45, 7) is 26.6. The Labute approximate surface area is 340 Å². The maximum absolute atomic E-state index is 11.5. The second kappa shape index (κ2) is 14.0. The number of nitrogens with zero attached hydrogens (tertiary/aromatic N) is 2. The first kappa shape index (κ1) is 38.7. The van der Waals surface area contributed by atoms with Crippen molar-refractivity contribution in [2.45, 2.75) is 107 Å². The Morgan fingerprint density at radius 2 is 1.44 bits per heavy atom. The lowest BCUT2D eigenvalue weighted by Gasteiger charge is -2.22. The molecule has 292 valence electrons. The number of fused-ring (bicyclic) bond motifs is 3. The average molecular weight is 775 g/mol. The monoisotopic (exact) mass is 774 g/mol. The van der Waals surface area contributed by atoms with Gasteiger partial charge in [-0.25, -0.2) is 4.98 Å². The number of aromatic nitrogens is 2. The molecule has 57 heavy (non-hydrogen) atoms. The highest BCUT2D eigenvalue weighted by Crippen LogP contribution is 2.47. The Morgan fingerprint density at radius 1 is 0.754 bits per heavy atom. The van der Waals surface area contributed by atoms with Gasteiger partial charge in [0.05, 0.1) is 16.0 Å². The molecule has 0 amide bonds. The van der Waals surface area contributed by atoms with Gasteiger partial charge in [0.15, 0.2) is 5.58 Å². The second-order valence-electron chi connectivity index (χ2n) is 18.7. The Kier molecular flexibility index (Phi) is 9.51. The van der Waals surface area contributed by atoms with Gasteiger partial charge in [0.2, 0.25) is 5.89 Å². The van der Waals surface area contributed by atoms with E-state index in [1.54, 1.807) is 6.07 Å². The highest BCUT2D eigenvalue weighted by atomic mass is 32.1. The van der Waals surface area contributed by atoms with Gasteiger partial charge >= 0.3 is 0 Å². The van der Waals surface area contributed by atoms with Crippen LogP contribution in [0.4, 0.5) is 0 Å². The number of aryl methyl sites for hydroxylation is 2. The first-order valence-corrected chi connectivity index (χ1v) is 21.0. The molecule has 0 aliphatic carbocycles. The SMILES string of the molecule is Cc1oc2ccc(O)c(-c3nc4c(-c5cc(-c6nccc7cc(CC(C)(C)C)sc67)cc(C(C)(C)C)c5)ccc(-c5c(C(C)C)cccc5C(C)C)c4o3)c2c1C. The zero-order chi connectivity index (χ0) is 40.7. The molecule has 5 nitrogen and oxygen atoms in total. The average Bonchev–Trinajstić information content (AvgIpc) is 3.84. The van der Waals surface area contributed by atoms with E-state index in [1.807, 2.05) is 37.4 Å². The summed E-state index contributed by atoms with van der Waals surface area (Å²) >= 11 is 1.85. The van der Waals surface area contributed by atoms with Crippen molar-refractivity contribution in [3.05, 3.63) is 112 Å². The summed E-state index contributed by atoms with van der Waals surface area (Å²) < 4.78 is 14.4. The van der Waals surface area contributed by atoms with Crippen molar-refractivity contribution in [3.63, 3.8) is 0 Å². The number of phenols is 1. The summed E-state index contributed by atoms with van der Waals surface area (Å²) in [7, 11) is 0. The third kappa shape index (κ3) is 6.96. The van der Waals surface area contributed by atoms with Crippen molar-refractivity contribution in [2.75, 3.05) is 0 Å². The zero-order valence-electron chi connectivity index (χ0n) is 35.4. The minimum absolute atomic E-state index is 0.101. The second-order valence-corrected chi connectivity index (χ2v) is 19.8. The third-order valence-electron chi connectivity index (χ3n) is 11.3. The van der Waals surface area contributed by atoms with Crippen LogP contribution in [0.25, 0.3) is 77.1 Å². The van der Waals surface area contributed by atoms with Gasteiger partial charge in [-0.2, -0.15) is 0 Å². The minimum atomic E-state index is -0.139. The largest absolute Gasteiger partial charge is 0.507 e. The van der Waals surface area contributed by atoms with Crippen LogP contribution in [0.15, 0.2) is 87.8 Å². The molecule has 0 aliphatic heterocycles. The van der Waals surface area contributed by atoms with Gasteiger partial charge in [-0.3, -0.25) is 4.98 Å². The molecule has 0 bridgehead atoms. The molecule has 0 fully saturated rings. The van der Waals surface area contributed by atoms with Crippen LogP contribution in [0.1, 0.15) is 114 Å². The molecule has 1 N–H and O–H groups in total. The van der Waals surface area contributed by atoms with Crippen molar-refractivity contribution in [1.82, 2.24) is 9.97 Å². The van der Waals surface area contributed by atoms with Gasteiger partial charge in [-0.05, 0) is 124 Å². The first-order valence-electron chi connectivity index (χ1n) is 20.2. The fraction of sp³-hybridized carbons (Fsp3) is 0.333. The summed E-state index contributed by atoms with van der Waals surface area (Å²) in [6.07, 6.45) is 2.95. The molecule has 4 heterocycles. The van der Waals surface area contributed by atoms with Crippen LogP contribution in [0.3, 0.4) is 0 Å². The van der Waals surface area contributed by atoms with E-state index >= 15 is 0 Å². The number of thiophene rings is 1. The van der Waals surface area contributed by atoms with Crippen LogP contribution < -0.4 is 0 Å². The number of rotatable bonds is 7. The van der Waals surface area contributed by atoms with Crippen LogP contribution in [0.2, 0.25) is 0 Å². The fourth-order valence-electron chi connectivity index (χ4n) is 8.26. The summed E-state index contributed by atoms with van der Waals surface area (Å²) in [5.74, 6) is 1.83. The minimum Gasteiger partial charge on any atom is -0.507 e. The standard InChI is InChI=1S/C51H54N2O3S/c1-27(2)36-14-13-15-37(28(3)4)43(36)39-17-16-38(46-47(39)56-49(53-46)44-40(54)18-19-41-42(44)29(5)30(6)55-41)32-22-33(24-34(23-32)51(10,11)12)45-48-31(20-21-52-45)25-35(57-48)26-50(7,8)9/h13-25,27-28,54H,26H2,1-12H3. The van der Waals surface area contributed by atoms with E-state index in [1.165, 1.54) is 37.2 Å². The molecule has 0 radical (unpaired) electrons. The summed E-state index contributed by atoms with van der Waals surface area (Å²) in [6, 6.07) is 25.9. The normalized spacial score (nSPS) is 12.7. The summed E-state index contributed by atoms with van der Waals surface area (Å²) in [5, 5.41) is 13.6. The van der Waals surface area contributed by atoms with Gasteiger partial charge in [-0.15, -0.1) is 11.3 Å². The van der Waals surface area contributed by atoms with Crippen molar-refractivity contribution in [1.29, 1.82) is 0 Å². The van der Waals surface area contributed by atoms with E-state index in [0.717, 1.165) is 56.6 Å². The molecule has 4 aromatic heterocycles. The van der Waals surface area contributed by atoms with Crippen LogP contribution in [-0.4, -0.2) is 15.1 Å². The predicted molar refractivity (Wildman–Crippen MR) is 240 cm³/mol. The smallest absolute Gasteiger partial charge is 0.231 e. The molecule has 0 spiro atoms. The van der Waals surface area contributed by atoms with Crippen molar-refractivity contribution in [2.24, 2.45) is 5.41 Å². The Hall–Kier alpha value is -5.20. The molecule has 0 aliphatic rings. The number of benzene rings is 4. The third-order valence-corrected chi connectivity index (χ3v) is 12.4. The predicted octanol–water partition coefficient (Wildman–Crippen LogP) is 15.3. The van der Waals surface area contributed by atoms with Crippen LogP contribution in [-0.2, 0) is 11.8 Å². The first-order chi connectivity index (χ1) is 26.9. The maximum atomic E-state index is 11.5. The molecule has 6 heteroatoms. The summed E-state index contributed by atoms with van der Waals surface area (Å²) in [5.41, 5.74) is 13.7. The van der Waals surface area contributed by atoms with Crippen molar-refractivity contribution in [3.8, 4) is 50.7 Å². The van der Waals surface area contributed by atoms with Gasteiger partial charge in [0.25, 0.3) is 0 Å². The molecule has 0 unspecified atom stereocenters. The number of hydrogen-bond donors (Lipinski definition) is 1. The molecular formula is C51H54N2O3S. The number of pyridine rings is 1. The number of hydrogen-bond acceptors (Lipinski definition) is 6. The van der Waals surface area contributed by atoms with E-state index in [-0.39, 0.29) is 28.4 Å². The Morgan fingerprint density at radius 3 is 2.11 bits per heavy atom. The van der Waals surface area contributed by atoms with Crippen LogP contribution >= 0.6 is 11.3 Å².